The molecular weight excluding hydrogens is 268 g/mol. The molecule has 16 heavy (non-hydrogen) atoms. The van der Waals surface area contributed by atoms with Gasteiger partial charge in [0.05, 0.1) is 0 Å². The summed E-state index contributed by atoms with van der Waals surface area (Å²) in [4.78, 5) is 10.5. The number of halogens is 1. The normalized spacial score (nSPS) is 10.3. The van der Waals surface area contributed by atoms with E-state index in [1.807, 2.05) is 12.1 Å². The number of hydrogen-bond acceptors (Lipinski definition) is 2. The quantitative estimate of drug-likeness (QED) is 0.755. The first-order chi connectivity index (χ1) is 7.68. The molecule has 0 fully saturated rings. The van der Waals surface area contributed by atoms with Crippen molar-refractivity contribution in [2.24, 2.45) is 5.73 Å². The van der Waals surface area contributed by atoms with Crippen molar-refractivity contribution < 1.29 is 4.79 Å². The summed E-state index contributed by atoms with van der Waals surface area (Å²) in [6, 6.07) is 8.23. The summed E-state index contributed by atoms with van der Waals surface area (Å²) < 4.78 is 1.10. The van der Waals surface area contributed by atoms with Crippen LogP contribution in [0.5, 0.6) is 0 Å². The lowest BCUT2D eigenvalue weighted by molar-refractivity contribution is -0.118. The standard InChI is InChI=1S/C12H17BrN2O/c13-11-6-4-10(5-7-11)9-15-8-2-1-3-12(14)16/h4-7,15H,1-3,8-9H2,(H2,14,16). The first-order valence-electron chi connectivity index (χ1n) is 5.42. The van der Waals surface area contributed by atoms with E-state index in [1.54, 1.807) is 0 Å². The first-order valence-corrected chi connectivity index (χ1v) is 6.21. The zero-order valence-corrected chi connectivity index (χ0v) is 10.8. The molecule has 0 bridgehead atoms. The number of nitrogens with two attached hydrogens (primary N) is 1. The highest BCUT2D eigenvalue weighted by Crippen LogP contribution is 2.10. The largest absolute Gasteiger partial charge is 0.370 e. The predicted molar refractivity (Wildman–Crippen MR) is 68.9 cm³/mol. The van der Waals surface area contributed by atoms with Crippen molar-refractivity contribution in [2.75, 3.05) is 6.54 Å². The molecule has 1 rings (SSSR count). The van der Waals surface area contributed by atoms with E-state index in [0.717, 1.165) is 30.4 Å². The van der Waals surface area contributed by atoms with Crippen LogP contribution in [0.15, 0.2) is 28.7 Å². The Morgan fingerprint density at radius 2 is 1.94 bits per heavy atom. The summed E-state index contributed by atoms with van der Waals surface area (Å²) in [6.45, 7) is 1.78. The summed E-state index contributed by atoms with van der Waals surface area (Å²) in [7, 11) is 0. The monoisotopic (exact) mass is 284 g/mol. The van der Waals surface area contributed by atoms with Gasteiger partial charge in [-0.1, -0.05) is 28.1 Å². The number of rotatable bonds is 7. The Kier molecular flexibility index (Phi) is 6.11. The summed E-state index contributed by atoms with van der Waals surface area (Å²) in [5, 5.41) is 3.33. The van der Waals surface area contributed by atoms with Gasteiger partial charge in [0.15, 0.2) is 0 Å². The Morgan fingerprint density at radius 3 is 2.56 bits per heavy atom. The first kappa shape index (κ1) is 13.2. The molecule has 1 aromatic rings. The molecule has 0 atom stereocenters. The molecule has 3 nitrogen and oxygen atoms in total. The molecule has 0 aliphatic heterocycles. The zero-order valence-electron chi connectivity index (χ0n) is 9.21. The van der Waals surface area contributed by atoms with Gasteiger partial charge in [0, 0.05) is 17.4 Å². The number of unbranched alkanes of at least 4 members (excludes halogenated alkanes) is 1. The van der Waals surface area contributed by atoms with Crippen LogP contribution >= 0.6 is 15.9 Å². The molecular formula is C12H17BrN2O. The van der Waals surface area contributed by atoms with Gasteiger partial charge in [0.25, 0.3) is 0 Å². The Labute approximate surface area is 105 Å². The Balaban J connectivity index is 2.07. The summed E-state index contributed by atoms with van der Waals surface area (Å²) >= 11 is 3.40. The van der Waals surface area contributed by atoms with Gasteiger partial charge < -0.3 is 11.1 Å². The molecule has 1 amide bonds. The summed E-state index contributed by atoms with van der Waals surface area (Å²) in [5.41, 5.74) is 6.31. The summed E-state index contributed by atoms with van der Waals surface area (Å²) in [6.07, 6.45) is 2.34. The fourth-order valence-electron chi connectivity index (χ4n) is 1.38. The van der Waals surface area contributed by atoms with E-state index < -0.39 is 0 Å². The second-order valence-electron chi connectivity index (χ2n) is 3.73. The second-order valence-corrected chi connectivity index (χ2v) is 4.64. The third kappa shape index (κ3) is 5.88. The molecule has 1 aromatic carbocycles. The van der Waals surface area contributed by atoms with E-state index in [1.165, 1.54) is 5.56 Å². The van der Waals surface area contributed by atoms with Gasteiger partial charge in [-0.2, -0.15) is 0 Å². The molecule has 0 saturated carbocycles. The third-order valence-electron chi connectivity index (χ3n) is 2.27. The molecule has 0 saturated heterocycles. The van der Waals surface area contributed by atoms with Crippen molar-refractivity contribution in [3.05, 3.63) is 34.3 Å². The lowest BCUT2D eigenvalue weighted by atomic mass is 10.2. The smallest absolute Gasteiger partial charge is 0.217 e. The Morgan fingerprint density at radius 1 is 1.25 bits per heavy atom. The predicted octanol–water partition coefficient (Wildman–Crippen LogP) is 2.19. The van der Waals surface area contributed by atoms with Crippen LogP contribution in [0.3, 0.4) is 0 Å². The molecule has 0 aromatic heterocycles. The van der Waals surface area contributed by atoms with Gasteiger partial charge in [0.2, 0.25) is 5.91 Å². The van der Waals surface area contributed by atoms with Gasteiger partial charge in [0.1, 0.15) is 0 Å². The number of carbonyl (C=O) groups is 1. The van der Waals surface area contributed by atoms with E-state index in [4.69, 9.17) is 5.73 Å². The molecule has 0 aliphatic carbocycles. The minimum atomic E-state index is -0.215. The molecule has 0 radical (unpaired) electrons. The van der Waals surface area contributed by atoms with Gasteiger partial charge >= 0.3 is 0 Å². The van der Waals surface area contributed by atoms with E-state index in [2.05, 4.69) is 33.4 Å². The highest BCUT2D eigenvalue weighted by molar-refractivity contribution is 9.10. The van der Waals surface area contributed by atoms with Gasteiger partial charge in [-0.25, -0.2) is 0 Å². The van der Waals surface area contributed by atoms with E-state index in [9.17, 15) is 4.79 Å². The minimum absolute atomic E-state index is 0.215. The maximum Gasteiger partial charge on any atom is 0.217 e. The molecule has 3 N–H and O–H groups in total. The number of nitrogens with one attached hydrogen (secondary N) is 1. The summed E-state index contributed by atoms with van der Waals surface area (Å²) in [5.74, 6) is -0.215. The van der Waals surface area contributed by atoms with Crippen molar-refractivity contribution in [3.8, 4) is 0 Å². The maximum atomic E-state index is 10.5. The fourth-order valence-corrected chi connectivity index (χ4v) is 1.65. The molecule has 0 heterocycles. The topological polar surface area (TPSA) is 55.1 Å². The van der Waals surface area contributed by atoms with E-state index >= 15 is 0 Å². The minimum Gasteiger partial charge on any atom is -0.370 e. The van der Waals surface area contributed by atoms with Crippen LogP contribution in [-0.2, 0) is 11.3 Å². The average Bonchev–Trinajstić information content (AvgIpc) is 2.25. The van der Waals surface area contributed by atoms with Gasteiger partial charge in [-0.3, -0.25) is 4.79 Å². The zero-order chi connectivity index (χ0) is 11.8. The van der Waals surface area contributed by atoms with Gasteiger partial charge in [-0.05, 0) is 37.1 Å². The fraction of sp³-hybridized carbons (Fsp3) is 0.417. The Bertz CT molecular complexity index is 324. The van der Waals surface area contributed by atoms with Crippen molar-refractivity contribution in [3.63, 3.8) is 0 Å². The number of hydrogen-bond donors (Lipinski definition) is 2. The lowest BCUT2D eigenvalue weighted by Gasteiger charge is -2.04. The van der Waals surface area contributed by atoms with Crippen LogP contribution in [0.1, 0.15) is 24.8 Å². The molecule has 4 heteroatoms. The number of amides is 1. The van der Waals surface area contributed by atoms with Crippen LogP contribution < -0.4 is 11.1 Å². The average molecular weight is 285 g/mol. The third-order valence-corrected chi connectivity index (χ3v) is 2.80. The van der Waals surface area contributed by atoms with Crippen molar-refractivity contribution in [2.45, 2.75) is 25.8 Å². The highest BCUT2D eigenvalue weighted by atomic mass is 79.9. The van der Waals surface area contributed by atoms with Crippen molar-refractivity contribution >= 4 is 21.8 Å². The van der Waals surface area contributed by atoms with Crippen LogP contribution in [0.2, 0.25) is 0 Å². The lowest BCUT2D eigenvalue weighted by Crippen LogP contribution is -2.16. The molecule has 88 valence electrons. The molecule has 0 unspecified atom stereocenters. The van der Waals surface area contributed by atoms with Crippen molar-refractivity contribution in [1.29, 1.82) is 0 Å². The second kappa shape index (κ2) is 7.41. The number of primary amides is 1. The van der Waals surface area contributed by atoms with E-state index in [-0.39, 0.29) is 5.91 Å². The highest BCUT2D eigenvalue weighted by Gasteiger charge is 1.95. The maximum absolute atomic E-state index is 10.5. The van der Waals surface area contributed by atoms with Gasteiger partial charge in [-0.15, -0.1) is 0 Å². The number of carbonyl (C=O) groups excluding carboxylic acids is 1. The number of benzene rings is 1. The van der Waals surface area contributed by atoms with Crippen LogP contribution in [-0.4, -0.2) is 12.5 Å². The molecule has 0 spiro atoms. The molecule has 0 aliphatic rings. The Hall–Kier alpha value is -0.870. The van der Waals surface area contributed by atoms with Crippen LogP contribution in [0, 0.1) is 0 Å². The van der Waals surface area contributed by atoms with Crippen molar-refractivity contribution in [1.82, 2.24) is 5.32 Å². The SMILES string of the molecule is NC(=O)CCCCNCc1ccc(Br)cc1. The van der Waals surface area contributed by atoms with Crippen LogP contribution in [0.25, 0.3) is 0 Å². The van der Waals surface area contributed by atoms with Crippen LogP contribution in [0.4, 0.5) is 0 Å². The van der Waals surface area contributed by atoms with E-state index in [0.29, 0.717) is 6.42 Å².